The third-order valence-corrected chi connectivity index (χ3v) is 6.26. The van der Waals surface area contributed by atoms with E-state index in [0.29, 0.717) is 44.7 Å². The van der Waals surface area contributed by atoms with Gasteiger partial charge in [-0.3, -0.25) is 18.9 Å². The number of nitrogens with zero attached hydrogens (tertiary/aromatic N) is 4. The maximum Gasteiger partial charge on any atom is 0.258 e. The summed E-state index contributed by atoms with van der Waals surface area (Å²) in [6.45, 7) is 10.7. The number of carbonyl (C=O) groups is 1. The third-order valence-electron chi connectivity index (χ3n) is 6.26. The number of rotatable bonds is 7. The lowest BCUT2D eigenvalue weighted by molar-refractivity contribution is -0.133. The number of hydrogen-bond acceptors (Lipinski definition) is 5. The number of aromatic nitrogens is 2. The van der Waals surface area contributed by atoms with Gasteiger partial charge in [0, 0.05) is 51.4 Å². The second-order valence-electron chi connectivity index (χ2n) is 9.90. The van der Waals surface area contributed by atoms with E-state index in [9.17, 15) is 9.59 Å². The van der Waals surface area contributed by atoms with Crippen molar-refractivity contribution in [3.8, 4) is 5.75 Å². The van der Waals surface area contributed by atoms with Crippen LogP contribution in [0.25, 0.3) is 5.65 Å². The van der Waals surface area contributed by atoms with Crippen LogP contribution in [0.4, 0.5) is 0 Å². The molecule has 3 heterocycles. The van der Waals surface area contributed by atoms with Crippen LogP contribution < -0.4 is 10.3 Å². The van der Waals surface area contributed by atoms with Crippen LogP contribution in [0.3, 0.4) is 0 Å². The maximum absolute atomic E-state index is 12.6. The highest BCUT2D eigenvalue weighted by Crippen LogP contribution is 2.24. The van der Waals surface area contributed by atoms with Gasteiger partial charge in [-0.05, 0) is 41.7 Å². The summed E-state index contributed by atoms with van der Waals surface area (Å²) >= 11 is 0. The zero-order valence-corrected chi connectivity index (χ0v) is 20.4. The Kier molecular flexibility index (Phi) is 7.32. The van der Waals surface area contributed by atoms with Crippen LogP contribution in [0, 0.1) is 0 Å². The molecule has 34 heavy (non-hydrogen) atoms. The summed E-state index contributed by atoms with van der Waals surface area (Å²) in [5.74, 6) is 1.02. The fourth-order valence-corrected chi connectivity index (χ4v) is 4.19. The number of amides is 1. The van der Waals surface area contributed by atoms with E-state index in [-0.39, 0.29) is 16.9 Å². The Balaban J connectivity index is 1.18. The third kappa shape index (κ3) is 6.03. The van der Waals surface area contributed by atoms with Gasteiger partial charge in [0.2, 0.25) is 5.91 Å². The molecule has 0 radical (unpaired) electrons. The average molecular weight is 463 g/mol. The van der Waals surface area contributed by atoms with Crippen molar-refractivity contribution < 1.29 is 9.53 Å². The molecule has 2 aromatic heterocycles. The molecule has 1 saturated heterocycles. The van der Waals surface area contributed by atoms with Crippen LogP contribution in [0.1, 0.15) is 44.9 Å². The Labute approximate surface area is 201 Å². The van der Waals surface area contributed by atoms with Crippen molar-refractivity contribution in [1.82, 2.24) is 19.2 Å². The molecule has 1 fully saturated rings. The van der Waals surface area contributed by atoms with E-state index in [2.05, 4.69) is 42.8 Å². The standard InChI is InChI=1S/C27H34N4O3/c1-27(2,3)21-9-11-23(12-10-21)34-18-6-8-25(32)30-16-14-29(15-17-30)20-22-19-26(33)31-13-5-4-7-24(31)28-22/h4-5,7,9-13,19H,6,8,14-18,20H2,1-3H3. The predicted molar refractivity (Wildman–Crippen MR) is 133 cm³/mol. The molecule has 0 unspecified atom stereocenters. The number of hydrogen-bond donors (Lipinski definition) is 0. The molecule has 0 atom stereocenters. The average Bonchev–Trinajstić information content (AvgIpc) is 2.82. The van der Waals surface area contributed by atoms with Crippen molar-refractivity contribution in [1.29, 1.82) is 0 Å². The Bertz CT molecular complexity index is 1170. The van der Waals surface area contributed by atoms with Gasteiger partial charge in [-0.1, -0.05) is 39.0 Å². The molecule has 1 aromatic carbocycles. The van der Waals surface area contributed by atoms with Gasteiger partial charge >= 0.3 is 0 Å². The molecule has 1 amide bonds. The molecule has 1 aliphatic heterocycles. The van der Waals surface area contributed by atoms with Crippen molar-refractivity contribution in [2.75, 3.05) is 32.8 Å². The largest absolute Gasteiger partial charge is 0.494 e. The first-order chi connectivity index (χ1) is 16.3. The highest BCUT2D eigenvalue weighted by atomic mass is 16.5. The maximum atomic E-state index is 12.6. The predicted octanol–water partition coefficient (Wildman–Crippen LogP) is 3.50. The van der Waals surface area contributed by atoms with E-state index in [1.165, 1.54) is 5.56 Å². The van der Waals surface area contributed by atoms with Gasteiger partial charge in [0.1, 0.15) is 11.4 Å². The minimum absolute atomic E-state index is 0.0678. The van der Waals surface area contributed by atoms with E-state index < -0.39 is 0 Å². The lowest BCUT2D eigenvalue weighted by Crippen LogP contribution is -2.48. The zero-order chi connectivity index (χ0) is 24.1. The number of fused-ring (bicyclic) bond motifs is 1. The topological polar surface area (TPSA) is 67.2 Å². The monoisotopic (exact) mass is 462 g/mol. The Hall–Kier alpha value is -3.19. The van der Waals surface area contributed by atoms with Crippen LogP contribution in [-0.2, 0) is 16.8 Å². The van der Waals surface area contributed by atoms with E-state index in [1.807, 2.05) is 35.2 Å². The molecule has 0 saturated carbocycles. The fraction of sp³-hybridized carbons (Fsp3) is 0.444. The van der Waals surface area contributed by atoms with Gasteiger partial charge in [0.15, 0.2) is 0 Å². The van der Waals surface area contributed by atoms with E-state index in [0.717, 1.165) is 24.5 Å². The van der Waals surface area contributed by atoms with E-state index in [1.54, 1.807) is 16.7 Å². The number of benzene rings is 1. The van der Waals surface area contributed by atoms with Crippen LogP contribution in [0.5, 0.6) is 5.75 Å². The summed E-state index contributed by atoms with van der Waals surface area (Å²) in [6.07, 6.45) is 2.92. The summed E-state index contributed by atoms with van der Waals surface area (Å²) in [4.78, 5) is 33.7. The van der Waals surface area contributed by atoms with E-state index >= 15 is 0 Å². The van der Waals surface area contributed by atoms with Crippen LogP contribution in [0.15, 0.2) is 59.5 Å². The summed E-state index contributed by atoms with van der Waals surface area (Å²) in [7, 11) is 0. The minimum Gasteiger partial charge on any atom is -0.494 e. The summed E-state index contributed by atoms with van der Waals surface area (Å²) in [6, 6.07) is 15.3. The molecule has 7 heteroatoms. The Morgan fingerprint density at radius 1 is 1.03 bits per heavy atom. The van der Waals surface area contributed by atoms with Crippen molar-refractivity contribution >= 4 is 11.6 Å². The molecular formula is C27H34N4O3. The fourth-order valence-electron chi connectivity index (χ4n) is 4.19. The number of piperazine rings is 1. The Morgan fingerprint density at radius 2 is 1.76 bits per heavy atom. The van der Waals surface area contributed by atoms with Gasteiger partial charge in [-0.2, -0.15) is 0 Å². The lowest BCUT2D eigenvalue weighted by atomic mass is 9.87. The quantitative estimate of drug-likeness (QED) is 0.503. The lowest BCUT2D eigenvalue weighted by Gasteiger charge is -2.34. The smallest absolute Gasteiger partial charge is 0.258 e. The van der Waals surface area contributed by atoms with Crippen LogP contribution in [-0.4, -0.2) is 57.9 Å². The van der Waals surface area contributed by atoms with Gasteiger partial charge in [-0.25, -0.2) is 4.98 Å². The van der Waals surface area contributed by atoms with Crippen molar-refractivity contribution in [2.24, 2.45) is 0 Å². The highest BCUT2D eigenvalue weighted by molar-refractivity contribution is 5.76. The SMILES string of the molecule is CC(C)(C)c1ccc(OCCCC(=O)N2CCN(Cc3cc(=O)n4ccccc4n3)CC2)cc1. The summed E-state index contributed by atoms with van der Waals surface area (Å²) in [5.41, 5.74) is 2.76. The molecule has 0 N–H and O–H groups in total. The van der Waals surface area contributed by atoms with Crippen LogP contribution in [0.2, 0.25) is 0 Å². The van der Waals surface area contributed by atoms with Gasteiger partial charge in [0.25, 0.3) is 5.56 Å². The number of ether oxygens (including phenoxy) is 1. The molecule has 0 bridgehead atoms. The highest BCUT2D eigenvalue weighted by Gasteiger charge is 2.21. The number of pyridine rings is 1. The van der Waals surface area contributed by atoms with E-state index in [4.69, 9.17) is 4.74 Å². The first kappa shape index (κ1) is 24.0. The molecule has 0 spiro atoms. The van der Waals surface area contributed by atoms with Crippen molar-refractivity contribution in [3.05, 3.63) is 76.3 Å². The van der Waals surface area contributed by atoms with Crippen LogP contribution >= 0.6 is 0 Å². The van der Waals surface area contributed by atoms with Crippen molar-refractivity contribution in [2.45, 2.75) is 45.6 Å². The first-order valence-electron chi connectivity index (χ1n) is 12.0. The summed E-state index contributed by atoms with van der Waals surface area (Å²) in [5, 5.41) is 0. The molecule has 4 rings (SSSR count). The number of carbonyl (C=O) groups excluding carboxylic acids is 1. The van der Waals surface area contributed by atoms with Gasteiger partial charge < -0.3 is 9.64 Å². The molecular weight excluding hydrogens is 428 g/mol. The minimum atomic E-state index is -0.0678. The molecule has 0 aliphatic carbocycles. The second kappa shape index (κ2) is 10.4. The Morgan fingerprint density at radius 3 is 2.47 bits per heavy atom. The molecule has 1 aliphatic rings. The molecule has 180 valence electrons. The van der Waals surface area contributed by atoms with Gasteiger partial charge in [0.05, 0.1) is 12.3 Å². The summed E-state index contributed by atoms with van der Waals surface area (Å²) < 4.78 is 7.37. The first-order valence-corrected chi connectivity index (χ1v) is 12.0. The molecule has 3 aromatic rings. The molecule has 7 nitrogen and oxygen atoms in total. The second-order valence-corrected chi connectivity index (χ2v) is 9.90. The zero-order valence-electron chi connectivity index (χ0n) is 20.4. The van der Waals surface area contributed by atoms with Crippen molar-refractivity contribution in [3.63, 3.8) is 0 Å². The van der Waals surface area contributed by atoms with Gasteiger partial charge in [-0.15, -0.1) is 0 Å². The normalized spacial score (nSPS) is 15.0.